The van der Waals surface area contributed by atoms with Gasteiger partial charge in [0.2, 0.25) is 11.9 Å². The van der Waals surface area contributed by atoms with Gasteiger partial charge in [0.1, 0.15) is 0 Å². The number of nitrogens with zero attached hydrogens (tertiary/aromatic N) is 12. The Labute approximate surface area is 203 Å². The molecule has 2 aromatic carbocycles. The second-order valence-corrected chi connectivity index (χ2v) is 9.00. The molecule has 0 radical (unpaired) electrons. The lowest BCUT2D eigenvalue weighted by molar-refractivity contribution is 0.169. The van der Waals surface area contributed by atoms with Crippen LogP contribution in [0.3, 0.4) is 0 Å². The fraction of sp³-hybridized carbons (Fsp3) is 0.391. The van der Waals surface area contributed by atoms with E-state index in [-0.39, 0.29) is 0 Å². The van der Waals surface area contributed by atoms with E-state index in [1.807, 2.05) is 9.36 Å². The molecule has 0 spiro atoms. The molecule has 0 N–H and O–H groups in total. The Morgan fingerprint density at radius 3 is 1.49 bits per heavy atom. The predicted octanol–water partition coefficient (Wildman–Crippen LogP) is 0.877. The van der Waals surface area contributed by atoms with Crippen molar-refractivity contribution in [2.45, 2.75) is 26.2 Å². The monoisotopic (exact) mass is 472 g/mol. The zero-order chi connectivity index (χ0) is 23.5. The van der Waals surface area contributed by atoms with Crippen molar-refractivity contribution in [3.8, 4) is 0 Å². The molecule has 2 aromatic heterocycles. The van der Waals surface area contributed by atoms with Crippen LogP contribution in [0.15, 0.2) is 60.7 Å². The van der Waals surface area contributed by atoms with Gasteiger partial charge in [-0.2, -0.15) is 9.36 Å². The minimum atomic E-state index is 0.588. The minimum absolute atomic E-state index is 0.588. The van der Waals surface area contributed by atoms with Crippen LogP contribution < -0.4 is 9.80 Å². The van der Waals surface area contributed by atoms with E-state index in [1.165, 1.54) is 11.1 Å². The molecule has 0 amide bonds. The van der Waals surface area contributed by atoms with Crippen molar-refractivity contribution in [3.63, 3.8) is 0 Å². The first-order valence-electron chi connectivity index (χ1n) is 11.9. The van der Waals surface area contributed by atoms with E-state index < -0.39 is 0 Å². The highest BCUT2D eigenvalue weighted by molar-refractivity contribution is 5.37. The lowest BCUT2D eigenvalue weighted by Crippen LogP contribution is -2.54. The number of hydrogen-bond donors (Lipinski definition) is 0. The highest BCUT2D eigenvalue weighted by atomic mass is 15.7. The van der Waals surface area contributed by atoms with E-state index in [2.05, 4.69) is 111 Å². The zero-order valence-corrected chi connectivity index (χ0v) is 19.5. The van der Waals surface area contributed by atoms with Gasteiger partial charge in [-0.15, -0.1) is 0 Å². The first kappa shape index (κ1) is 21.6. The van der Waals surface area contributed by atoms with Crippen molar-refractivity contribution in [1.29, 1.82) is 0 Å². The fourth-order valence-corrected chi connectivity index (χ4v) is 4.68. The number of benzene rings is 2. The van der Waals surface area contributed by atoms with Crippen LogP contribution in [0.25, 0.3) is 0 Å². The van der Waals surface area contributed by atoms with Crippen LogP contribution in [-0.4, -0.2) is 83.3 Å². The average Bonchev–Trinajstić information content (AvgIpc) is 3.57. The van der Waals surface area contributed by atoms with Crippen molar-refractivity contribution in [2.24, 2.45) is 0 Å². The van der Waals surface area contributed by atoms with Crippen molar-refractivity contribution in [1.82, 2.24) is 50.2 Å². The molecule has 0 fully saturated rings. The quantitative estimate of drug-likeness (QED) is 0.367. The molecule has 0 saturated carbocycles. The smallest absolute Gasteiger partial charge is 0.249 e. The number of anilines is 2. The lowest BCUT2D eigenvalue weighted by atomic mass is 10.1. The van der Waals surface area contributed by atoms with Crippen molar-refractivity contribution in [3.05, 3.63) is 71.8 Å². The molecule has 12 nitrogen and oxygen atoms in total. The summed E-state index contributed by atoms with van der Waals surface area (Å²) in [6.45, 7) is 5.23. The van der Waals surface area contributed by atoms with Gasteiger partial charge in [0.25, 0.3) is 0 Å². The standard InChI is InChI=1S/C23H28N12/c1-3-7-20(8-4-1)11-13-30-15-32(22-24-26-28-34(22)17-30)19-33-16-31(18-35-23(33)25-27-29-35)14-12-21-9-5-2-6-10-21/h1-10H,11-19H2. The SMILES string of the molecule is c1ccc(CCN2CN(CN3CN(CCc4ccccc4)Cn4nnnc43)c3nnnn3C2)cc1. The molecule has 35 heavy (non-hydrogen) atoms. The first-order valence-corrected chi connectivity index (χ1v) is 11.9. The molecule has 12 heteroatoms. The molecule has 180 valence electrons. The van der Waals surface area contributed by atoms with E-state index in [9.17, 15) is 0 Å². The Kier molecular flexibility index (Phi) is 6.03. The van der Waals surface area contributed by atoms with Gasteiger partial charge in [-0.25, -0.2) is 0 Å². The van der Waals surface area contributed by atoms with Crippen molar-refractivity contribution in [2.75, 3.05) is 42.9 Å². The van der Waals surface area contributed by atoms with E-state index in [0.717, 1.165) is 51.2 Å². The molecule has 0 aliphatic carbocycles. The molecule has 4 heterocycles. The Bertz CT molecular complexity index is 1130. The summed E-state index contributed by atoms with van der Waals surface area (Å²) in [7, 11) is 0. The topological polar surface area (TPSA) is 100 Å². The van der Waals surface area contributed by atoms with E-state index >= 15 is 0 Å². The summed E-state index contributed by atoms with van der Waals surface area (Å²) >= 11 is 0. The first-order chi connectivity index (χ1) is 17.3. The van der Waals surface area contributed by atoms with E-state index in [4.69, 9.17) is 0 Å². The Hall–Kier alpha value is -3.90. The number of fused-ring (bicyclic) bond motifs is 2. The van der Waals surface area contributed by atoms with Crippen molar-refractivity contribution < 1.29 is 0 Å². The predicted molar refractivity (Wildman–Crippen MR) is 129 cm³/mol. The second kappa shape index (κ2) is 9.76. The van der Waals surface area contributed by atoms with Crippen LogP contribution in [0.1, 0.15) is 11.1 Å². The third-order valence-corrected chi connectivity index (χ3v) is 6.46. The maximum atomic E-state index is 4.30. The summed E-state index contributed by atoms with van der Waals surface area (Å²) in [4.78, 5) is 9.09. The van der Waals surface area contributed by atoms with Gasteiger partial charge in [-0.05, 0) is 44.8 Å². The van der Waals surface area contributed by atoms with Crippen LogP contribution in [0, 0.1) is 0 Å². The largest absolute Gasteiger partial charge is 0.309 e. The fourth-order valence-electron chi connectivity index (χ4n) is 4.68. The third kappa shape index (κ3) is 4.84. The summed E-state index contributed by atoms with van der Waals surface area (Å²) in [5.41, 5.74) is 2.65. The Morgan fingerprint density at radius 1 is 0.571 bits per heavy atom. The summed E-state index contributed by atoms with van der Waals surface area (Å²) in [5, 5.41) is 24.9. The molecule has 0 unspecified atom stereocenters. The van der Waals surface area contributed by atoms with E-state index in [0.29, 0.717) is 20.0 Å². The molecule has 2 aliphatic heterocycles. The molecular weight excluding hydrogens is 444 g/mol. The maximum Gasteiger partial charge on any atom is 0.249 e. The van der Waals surface area contributed by atoms with Crippen molar-refractivity contribution >= 4 is 11.9 Å². The van der Waals surface area contributed by atoms with Gasteiger partial charge in [-0.3, -0.25) is 9.80 Å². The summed E-state index contributed by atoms with van der Waals surface area (Å²) in [6, 6.07) is 21.1. The van der Waals surface area contributed by atoms with Gasteiger partial charge < -0.3 is 9.80 Å². The van der Waals surface area contributed by atoms with Gasteiger partial charge in [0.05, 0.1) is 33.3 Å². The Morgan fingerprint density at radius 2 is 1.03 bits per heavy atom. The van der Waals surface area contributed by atoms with Gasteiger partial charge in [0.15, 0.2) is 0 Å². The highest BCUT2D eigenvalue weighted by Gasteiger charge is 2.31. The van der Waals surface area contributed by atoms with Gasteiger partial charge in [-0.1, -0.05) is 70.9 Å². The maximum absolute atomic E-state index is 4.30. The summed E-state index contributed by atoms with van der Waals surface area (Å²) < 4.78 is 3.71. The zero-order valence-electron chi connectivity index (χ0n) is 19.5. The number of hydrogen-bond acceptors (Lipinski definition) is 10. The van der Waals surface area contributed by atoms with Crippen LogP contribution >= 0.6 is 0 Å². The minimum Gasteiger partial charge on any atom is -0.309 e. The van der Waals surface area contributed by atoms with E-state index in [1.54, 1.807) is 0 Å². The number of aromatic nitrogens is 8. The molecule has 0 saturated heterocycles. The van der Waals surface area contributed by atoms with Crippen LogP contribution in [0.5, 0.6) is 0 Å². The summed E-state index contributed by atoms with van der Waals surface area (Å²) in [5.74, 6) is 1.53. The van der Waals surface area contributed by atoms with Gasteiger partial charge >= 0.3 is 0 Å². The molecule has 6 rings (SSSR count). The third-order valence-electron chi connectivity index (χ3n) is 6.46. The Balaban J connectivity index is 1.15. The molecule has 0 atom stereocenters. The van der Waals surface area contributed by atoms with Crippen LogP contribution in [0.2, 0.25) is 0 Å². The number of rotatable bonds is 8. The molecular formula is C23H28N12. The molecule has 4 aromatic rings. The van der Waals surface area contributed by atoms with Crippen LogP contribution in [0.4, 0.5) is 11.9 Å². The van der Waals surface area contributed by atoms with Gasteiger partial charge in [0, 0.05) is 13.1 Å². The average molecular weight is 473 g/mol. The van der Waals surface area contributed by atoms with Crippen LogP contribution in [-0.2, 0) is 26.2 Å². The normalized spacial score (nSPS) is 16.3. The highest BCUT2D eigenvalue weighted by Crippen LogP contribution is 2.22. The second-order valence-electron chi connectivity index (χ2n) is 9.00. The lowest BCUT2D eigenvalue weighted by Gasteiger charge is -2.41. The molecule has 2 aliphatic rings. The number of tetrazole rings is 2. The summed E-state index contributed by atoms with van der Waals surface area (Å²) in [6.07, 6.45) is 1.95. The molecule has 0 bridgehead atoms.